The molecule has 42 heavy (non-hydrogen) atoms. The number of carbonyl (C=O) groups is 5. The van der Waals surface area contributed by atoms with E-state index in [9.17, 15) is 24.0 Å². The fourth-order valence-corrected chi connectivity index (χ4v) is 6.09. The average Bonchev–Trinajstić information content (AvgIpc) is 3.20. The van der Waals surface area contributed by atoms with Crippen LogP contribution in [0.15, 0.2) is 71.2 Å². The summed E-state index contributed by atoms with van der Waals surface area (Å²) < 4.78 is 6.21. The van der Waals surface area contributed by atoms with Crippen molar-refractivity contribution in [2.24, 2.45) is 17.8 Å². The molecule has 5 rings (SSSR count). The van der Waals surface area contributed by atoms with Crippen LogP contribution in [0.2, 0.25) is 10.0 Å². The molecule has 2 aliphatic rings. The lowest BCUT2D eigenvalue weighted by Gasteiger charge is -2.30. The zero-order valence-corrected chi connectivity index (χ0v) is 25.5. The molecule has 0 aromatic heterocycles. The van der Waals surface area contributed by atoms with Gasteiger partial charge in [0.05, 0.1) is 28.0 Å². The first-order chi connectivity index (χ1) is 20.0. The maximum atomic E-state index is 13.8. The zero-order valence-electron chi connectivity index (χ0n) is 22.4. The maximum absolute atomic E-state index is 13.8. The largest absolute Gasteiger partial charge is 0.423 e. The molecule has 0 bridgehead atoms. The predicted octanol–water partition coefficient (Wildman–Crippen LogP) is 6.64. The summed E-state index contributed by atoms with van der Waals surface area (Å²) in [6.45, 7) is 1.43. The maximum Gasteiger partial charge on any atom is 0.343 e. The van der Waals surface area contributed by atoms with E-state index in [1.165, 1.54) is 42.5 Å². The Balaban J connectivity index is 1.39. The third kappa shape index (κ3) is 6.14. The molecule has 3 aromatic carbocycles. The summed E-state index contributed by atoms with van der Waals surface area (Å²) in [5.41, 5.74) is 0.528. The van der Waals surface area contributed by atoms with Crippen molar-refractivity contribution in [3.63, 3.8) is 0 Å². The van der Waals surface area contributed by atoms with Crippen molar-refractivity contribution >= 4 is 68.6 Å². The monoisotopic (exact) mass is 670 g/mol. The van der Waals surface area contributed by atoms with E-state index in [4.69, 9.17) is 27.9 Å². The van der Waals surface area contributed by atoms with E-state index in [1.807, 2.05) is 6.92 Å². The van der Waals surface area contributed by atoms with Gasteiger partial charge in [-0.2, -0.15) is 5.01 Å². The van der Waals surface area contributed by atoms with Gasteiger partial charge in [-0.15, -0.1) is 0 Å². The van der Waals surface area contributed by atoms with Gasteiger partial charge in [-0.1, -0.05) is 46.1 Å². The number of esters is 1. The highest BCUT2D eigenvalue weighted by atomic mass is 79.9. The minimum atomic E-state index is -0.779. The Kier molecular flexibility index (Phi) is 8.82. The van der Waals surface area contributed by atoms with Crippen molar-refractivity contribution in [1.82, 2.24) is 10.0 Å². The van der Waals surface area contributed by atoms with Crippen LogP contribution in [0.5, 0.6) is 5.75 Å². The van der Waals surface area contributed by atoms with Crippen LogP contribution >= 0.6 is 39.1 Å². The molecular weight excluding hydrogens is 647 g/mol. The van der Waals surface area contributed by atoms with Gasteiger partial charge in [-0.05, 0) is 91.9 Å². The number of fused-ring (bicyclic) bond motifs is 1. The average molecular weight is 672 g/mol. The summed E-state index contributed by atoms with van der Waals surface area (Å²) in [6.07, 6.45) is 1.86. The molecule has 3 atom stereocenters. The summed E-state index contributed by atoms with van der Waals surface area (Å²) in [6, 6.07) is 16.7. The second kappa shape index (κ2) is 12.4. The summed E-state index contributed by atoms with van der Waals surface area (Å²) in [4.78, 5) is 66.6. The van der Waals surface area contributed by atoms with Gasteiger partial charge in [-0.3, -0.25) is 19.2 Å². The van der Waals surface area contributed by atoms with Crippen LogP contribution in [0.1, 0.15) is 57.3 Å². The number of ketones is 1. The Morgan fingerprint density at radius 3 is 2.21 bits per heavy atom. The van der Waals surface area contributed by atoms with Crippen LogP contribution in [-0.4, -0.2) is 46.0 Å². The topological polar surface area (TPSA) is 101 Å². The first-order valence-corrected chi connectivity index (χ1v) is 14.8. The summed E-state index contributed by atoms with van der Waals surface area (Å²) in [5, 5.41) is 2.03. The normalized spacial score (nSPS) is 19.8. The number of Topliss-reactive ketones (excluding diaryl/α,β-unsaturated/α-hetero) is 1. The molecule has 8 nitrogen and oxygen atoms in total. The molecule has 1 aliphatic heterocycles. The van der Waals surface area contributed by atoms with Crippen LogP contribution in [-0.2, 0) is 9.59 Å². The van der Waals surface area contributed by atoms with Crippen molar-refractivity contribution in [3.8, 4) is 5.75 Å². The zero-order chi connectivity index (χ0) is 30.1. The highest BCUT2D eigenvalue weighted by Crippen LogP contribution is 2.41. The number of hydrogen-bond donors (Lipinski definition) is 0. The molecule has 3 amide bonds. The number of benzene rings is 3. The standard InChI is InChI=1S/C31H25BrCl2N2O6/c1-17-2-12-23-25(14-17)30(40)36(29(23)39)35(28(38)24-13-9-21(33)15-26(24)34)16-27(37)18-5-10-22(11-6-18)42-31(41)19-3-7-20(32)8-4-19/h3-11,13,15,17,23,25H,2,12,14,16H2,1H3/t17-,23+,25-/m1/s1. The van der Waals surface area contributed by atoms with E-state index in [0.717, 1.165) is 20.9 Å². The SMILES string of the molecule is C[C@@H]1CC[C@@H]2C(=O)N(N(CC(=O)c3ccc(OC(=O)c4ccc(Br)cc4)cc3)C(=O)c3ccc(Cl)cc3Cl)C(=O)[C@@H]2C1. The third-order valence-corrected chi connectivity index (χ3v) is 8.64. The van der Waals surface area contributed by atoms with Gasteiger partial charge in [0.25, 0.3) is 17.7 Å². The second-order valence-corrected chi connectivity index (χ2v) is 12.2. The molecule has 0 N–H and O–H groups in total. The fourth-order valence-electron chi connectivity index (χ4n) is 5.33. The first-order valence-electron chi connectivity index (χ1n) is 13.3. The number of ether oxygens (including phenoxy) is 1. The van der Waals surface area contributed by atoms with E-state index < -0.39 is 47.9 Å². The van der Waals surface area contributed by atoms with Crippen LogP contribution < -0.4 is 4.74 Å². The number of carbonyl (C=O) groups excluding carboxylic acids is 5. The van der Waals surface area contributed by atoms with Gasteiger partial charge in [-0.25, -0.2) is 9.80 Å². The Morgan fingerprint density at radius 2 is 1.55 bits per heavy atom. The van der Waals surface area contributed by atoms with E-state index in [-0.39, 0.29) is 27.8 Å². The van der Waals surface area contributed by atoms with Gasteiger partial charge in [0.2, 0.25) is 0 Å². The molecule has 3 aromatic rings. The summed E-state index contributed by atoms with van der Waals surface area (Å²) in [7, 11) is 0. The van der Waals surface area contributed by atoms with Gasteiger partial charge in [0.15, 0.2) is 5.78 Å². The second-order valence-electron chi connectivity index (χ2n) is 10.5. The van der Waals surface area contributed by atoms with Crippen LogP contribution in [0.25, 0.3) is 0 Å². The number of hydrogen-bond acceptors (Lipinski definition) is 6. The smallest absolute Gasteiger partial charge is 0.343 e. The highest BCUT2D eigenvalue weighted by molar-refractivity contribution is 9.10. The number of hydrazine groups is 1. The van der Waals surface area contributed by atoms with E-state index in [0.29, 0.717) is 23.4 Å². The third-order valence-electron chi connectivity index (χ3n) is 7.56. The van der Waals surface area contributed by atoms with Crippen molar-refractivity contribution in [2.75, 3.05) is 6.54 Å². The number of nitrogens with zero attached hydrogens (tertiary/aromatic N) is 2. The Hall–Kier alpha value is -3.53. The Bertz CT molecular complexity index is 1580. The van der Waals surface area contributed by atoms with Gasteiger partial charge in [0.1, 0.15) is 12.3 Å². The lowest BCUT2D eigenvalue weighted by Crippen LogP contribution is -2.52. The van der Waals surface area contributed by atoms with Crippen molar-refractivity contribution < 1.29 is 28.7 Å². The Morgan fingerprint density at radius 1 is 0.905 bits per heavy atom. The van der Waals surface area contributed by atoms with Crippen LogP contribution in [0, 0.1) is 17.8 Å². The molecule has 1 heterocycles. The number of imide groups is 1. The predicted molar refractivity (Wildman–Crippen MR) is 159 cm³/mol. The van der Waals surface area contributed by atoms with Crippen LogP contribution in [0.4, 0.5) is 0 Å². The fraction of sp³-hybridized carbons (Fsp3) is 0.258. The molecule has 0 unspecified atom stereocenters. The lowest BCUT2D eigenvalue weighted by molar-refractivity contribution is -0.154. The highest BCUT2D eigenvalue weighted by Gasteiger charge is 2.53. The lowest BCUT2D eigenvalue weighted by atomic mass is 9.76. The van der Waals surface area contributed by atoms with Crippen molar-refractivity contribution in [2.45, 2.75) is 26.2 Å². The summed E-state index contributed by atoms with van der Waals surface area (Å²) in [5.74, 6) is -3.51. The molecule has 1 saturated heterocycles. The molecule has 2 fully saturated rings. The van der Waals surface area contributed by atoms with E-state index >= 15 is 0 Å². The van der Waals surface area contributed by atoms with Gasteiger partial charge in [0, 0.05) is 15.1 Å². The Labute approximate surface area is 260 Å². The quantitative estimate of drug-likeness (QED) is 0.121. The van der Waals surface area contributed by atoms with Gasteiger partial charge >= 0.3 is 5.97 Å². The minimum Gasteiger partial charge on any atom is -0.423 e. The molecular formula is C31H25BrCl2N2O6. The van der Waals surface area contributed by atoms with E-state index in [1.54, 1.807) is 24.3 Å². The molecule has 0 spiro atoms. The van der Waals surface area contributed by atoms with Crippen molar-refractivity contribution in [1.29, 1.82) is 0 Å². The molecule has 1 saturated carbocycles. The first kappa shape index (κ1) is 29.9. The van der Waals surface area contributed by atoms with E-state index in [2.05, 4.69) is 15.9 Å². The summed E-state index contributed by atoms with van der Waals surface area (Å²) >= 11 is 15.6. The number of halogens is 3. The number of amides is 3. The minimum absolute atomic E-state index is 0.00657. The van der Waals surface area contributed by atoms with Crippen molar-refractivity contribution in [3.05, 3.63) is 97.9 Å². The molecule has 0 radical (unpaired) electrons. The number of rotatable bonds is 7. The molecule has 216 valence electrons. The molecule has 1 aliphatic carbocycles. The molecule has 11 heteroatoms. The van der Waals surface area contributed by atoms with Crippen LogP contribution in [0.3, 0.4) is 0 Å². The van der Waals surface area contributed by atoms with Gasteiger partial charge < -0.3 is 4.74 Å².